The topological polar surface area (TPSA) is 67.7 Å². The average Bonchev–Trinajstić information content (AvgIpc) is 3.42. The first-order valence-electron chi connectivity index (χ1n) is 10.7. The van der Waals surface area contributed by atoms with E-state index in [1.165, 1.54) is 23.1 Å². The minimum Gasteiger partial charge on any atom is -0.489 e. The van der Waals surface area contributed by atoms with Gasteiger partial charge in [-0.2, -0.15) is 4.99 Å². The third kappa shape index (κ3) is 5.45. The van der Waals surface area contributed by atoms with Gasteiger partial charge in [-0.05, 0) is 60.7 Å². The minimum atomic E-state index is -0.139. The minimum absolute atomic E-state index is 0.139. The molecule has 174 valence electrons. The summed E-state index contributed by atoms with van der Waals surface area (Å²) in [5, 5.41) is 10.7. The number of carbonyl (C=O) groups excluding carboxylic acids is 1. The normalized spacial score (nSPS) is 15.8. The van der Waals surface area contributed by atoms with E-state index < -0.39 is 0 Å². The van der Waals surface area contributed by atoms with Crippen molar-refractivity contribution in [1.82, 2.24) is 10.2 Å². The molecule has 0 N–H and O–H groups in total. The van der Waals surface area contributed by atoms with E-state index in [0.717, 1.165) is 27.6 Å². The molecule has 1 fully saturated rings. The van der Waals surface area contributed by atoms with Crippen molar-refractivity contribution < 1.29 is 9.53 Å². The Balaban J connectivity index is 1.37. The fraction of sp³-hybridized carbons (Fsp3) is 0.0769. The highest BCUT2D eigenvalue weighted by Gasteiger charge is 2.35. The van der Waals surface area contributed by atoms with Crippen LogP contribution >= 0.6 is 34.7 Å². The van der Waals surface area contributed by atoms with Gasteiger partial charge in [0.25, 0.3) is 5.91 Å². The van der Waals surface area contributed by atoms with Gasteiger partial charge in [-0.1, -0.05) is 71.5 Å². The number of anilines is 1. The second-order valence-electron chi connectivity index (χ2n) is 7.53. The lowest BCUT2D eigenvalue weighted by atomic mass is 10.2. The molecule has 4 aromatic rings. The zero-order chi connectivity index (χ0) is 24.2. The van der Waals surface area contributed by atoms with E-state index in [9.17, 15) is 4.79 Å². The van der Waals surface area contributed by atoms with Crippen molar-refractivity contribution in [3.63, 3.8) is 0 Å². The molecule has 1 saturated heterocycles. The summed E-state index contributed by atoms with van der Waals surface area (Å²) in [6, 6.07) is 24.6. The Bertz CT molecular complexity index is 1420. The van der Waals surface area contributed by atoms with Crippen molar-refractivity contribution in [2.45, 2.75) is 13.5 Å². The van der Waals surface area contributed by atoms with Crippen LogP contribution in [0.2, 0.25) is 5.02 Å². The molecule has 5 rings (SSSR count). The Hall–Kier alpha value is -3.46. The number of amidine groups is 1. The van der Waals surface area contributed by atoms with E-state index >= 15 is 0 Å². The van der Waals surface area contributed by atoms with E-state index in [2.05, 4.69) is 15.2 Å². The van der Waals surface area contributed by atoms with Gasteiger partial charge in [-0.25, -0.2) is 0 Å². The fourth-order valence-corrected chi connectivity index (χ4v) is 5.14. The fourth-order valence-electron chi connectivity index (χ4n) is 3.35. The maximum atomic E-state index is 13.4. The summed E-state index contributed by atoms with van der Waals surface area (Å²) < 4.78 is 5.86. The highest BCUT2D eigenvalue weighted by molar-refractivity contribution is 8.19. The molecule has 0 saturated carbocycles. The molecule has 0 spiro atoms. The number of carbonyl (C=O) groups is 1. The average molecular weight is 519 g/mol. The molecule has 0 atom stereocenters. The van der Waals surface area contributed by atoms with Gasteiger partial charge in [0.2, 0.25) is 5.13 Å². The van der Waals surface area contributed by atoms with Crippen molar-refractivity contribution in [2.24, 2.45) is 4.99 Å². The van der Waals surface area contributed by atoms with Gasteiger partial charge in [0.15, 0.2) is 5.17 Å². The van der Waals surface area contributed by atoms with Crippen LogP contribution < -0.4 is 9.64 Å². The molecule has 9 heteroatoms. The van der Waals surface area contributed by atoms with Crippen molar-refractivity contribution in [1.29, 1.82) is 0 Å². The van der Waals surface area contributed by atoms with Gasteiger partial charge < -0.3 is 4.74 Å². The molecular weight excluding hydrogens is 500 g/mol. The monoisotopic (exact) mass is 518 g/mol. The van der Waals surface area contributed by atoms with Crippen LogP contribution in [0.25, 0.3) is 6.08 Å². The van der Waals surface area contributed by atoms with E-state index in [1.807, 2.05) is 91.9 Å². The zero-order valence-electron chi connectivity index (χ0n) is 18.6. The molecule has 0 aliphatic carbocycles. The highest BCUT2D eigenvalue weighted by Crippen LogP contribution is 2.37. The molecule has 1 aromatic heterocycles. The largest absolute Gasteiger partial charge is 0.489 e. The molecule has 6 nitrogen and oxygen atoms in total. The van der Waals surface area contributed by atoms with Gasteiger partial charge >= 0.3 is 0 Å². The van der Waals surface area contributed by atoms with E-state index in [1.54, 1.807) is 4.90 Å². The van der Waals surface area contributed by atoms with Gasteiger partial charge in [0.05, 0.1) is 10.6 Å². The number of para-hydroxylation sites is 1. The predicted octanol–water partition coefficient (Wildman–Crippen LogP) is 6.89. The van der Waals surface area contributed by atoms with Gasteiger partial charge in [-0.3, -0.25) is 9.69 Å². The van der Waals surface area contributed by atoms with Crippen molar-refractivity contribution >= 4 is 62.7 Å². The Labute approximate surface area is 216 Å². The lowest BCUT2D eigenvalue weighted by Crippen LogP contribution is -2.28. The lowest BCUT2D eigenvalue weighted by Gasteiger charge is -2.14. The van der Waals surface area contributed by atoms with Crippen molar-refractivity contribution in [2.75, 3.05) is 4.90 Å². The smallest absolute Gasteiger partial charge is 0.271 e. The third-order valence-corrected chi connectivity index (χ3v) is 7.13. The number of thioether (sulfide) groups is 1. The molecule has 2 heterocycles. The highest BCUT2D eigenvalue weighted by atomic mass is 35.5. The summed E-state index contributed by atoms with van der Waals surface area (Å²) in [4.78, 5) is 20.1. The molecule has 1 aliphatic rings. The number of amides is 1. The summed E-state index contributed by atoms with van der Waals surface area (Å²) in [5.74, 6) is 0.581. The number of benzene rings is 3. The first-order chi connectivity index (χ1) is 17.1. The number of hydrogen-bond donors (Lipinski definition) is 0. The third-order valence-electron chi connectivity index (χ3n) is 5.06. The maximum Gasteiger partial charge on any atom is 0.271 e. The Kier molecular flexibility index (Phi) is 6.94. The molecule has 3 aromatic carbocycles. The molecule has 0 unspecified atom stereocenters. The van der Waals surface area contributed by atoms with Crippen LogP contribution in [-0.2, 0) is 11.4 Å². The number of rotatable bonds is 6. The van der Waals surface area contributed by atoms with E-state index in [0.29, 0.717) is 26.8 Å². The van der Waals surface area contributed by atoms with Crippen LogP contribution in [-0.4, -0.2) is 21.3 Å². The Morgan fingerprint density at radius 3 is 2.46 bits per heavy atom. The second-order valence-corrected chi connectivity index (χ2v) is 10.1. The van der Waals surface area contributed by atoms with Crippen molar-refractivity contribution in [3.8, 4) is 5.75 Å². The predicted molar refractivity (Wildman–Crippen MR) is 143 cm³/mol. The lowest BCUT2D eigenvalue weighted by molar-refractivity contribution is -0.113. The summed E-state index contributed by atoms with van der Waals surface area (Å²) in [6.45, 7) is 2.25. The molecule has 35 heavy (non-hydrogen) atoms. The summed E-state index contributed by atoms with van der Waals surface area (Å²) >= 11 is 8.90. The van der Waals surface area contributed by atoms with Crippen LogP contribution in [0.3, 0.4) is 0 Å². The second kappa shape index (κ2) is 10.4. The number of aromatic nitrogens is 2. The van der Waals surface area contributed by atoms with Gasteiger partial charge in [0.1, 0.15) is 17.4 Å². The summed E-state index contributed by atoms with van der Waals surface area (Å²) in [7, 11) is 0. The first kappa shape index (κ1) is 23.3. The summed E-state index contributed by atoms with van der Waals surface area (Å²) in [5.41, 5.74) is 2.55. The standard InChI is InChI=1S/C26H19ClN4O2S2/c1-17-29-30-25(34-17)28-26-31(20-8-3-2-4-9-20)24(32)23(35-26)15-18-11-13-21(14-12-18)33-16-19-7-5-6-10-22(19)27/h2-15H,16H2,1H3/b23-15-,28-26+. The van der Waals surface area contributed by atoms with Crippen LogP contribution in [0.15, 0.2) is 88.8 Å². The number of ether oxygens (including phenoxy) is 1. The maximum absolute atomic E-state index is 13.4. The molecule has 1 amide bonds. The number of halogens is 1. The van der Waals surface area contributed by atoms with Crippen LogP contribution in [0.1, 0.15) is 16.1 Å². The molecule has 1 aliphatic heterocycles. The van der Waals surface area contributed by atoms with Crippen molar-refractivity contribution in [3.05, 3.63) is 105 Å². The molecular formula is C26H19ClN4O2S2. The van der Waals surface area contributed by atoms with Crippen LogP contribution in [0.4, 0.5) is 10.8 Å². The number of nitrogens with zero attached hydrogens (tertiary/aromatic N) is 4. The first-order valence-corrected chi connectivity index (χ1v) is 12.7. The van der Waals surface area contributed by atoms with E-state index in [4.69, 9.17) is 16.3 Å². The Morgan fingerprint density at radius 1 is 1.00 bits per heavy atom. The summed E-state index contributed by atoms with van der Waals surface area (Å²) in [6.07, 6.45) is 1.86. The quantitative estimate of drug-likeness (QED) is 0.260. The van der Waals surface area contributed by atoms with Gasteiger partial charge in [0, 0.05) is 10.6 Å². The van der Waals surface area contributed by atoms with Crippen LogP contribution in [0.5, 0.6) is 5.75 Å². The Morgan fingerprint density at radius 2 is 1.74 bits per heavy atom. The van der Waals surface area contributed by atoms with Crippen LogP contribution in [0, 0.1) is 6.92 Å². The molecule has 0 radical (unpaired) electrons. The number of aryl methyl sites for hydroxylation is 1. The van der Waals surface area contributed by atoms with E-state index in [-0.39, 0.29) is 5.91 Å². The zero-order valence-corrected chi connectivity index (χ0v) is 21.0. The SMILES string of the molecule is Cc1nnc(/N=C2/S/C(=C\c3ccc(OCc4ccccc4Cl)cc3)C(=O)N2c2ccccc2)s1. The number of hydrogen-bond acceptors (Lipinski definition) is 7. The van der Waals surface area contributed by atoms with Gasteiger partial charge in [-0.15, -0.1) is 10.2 Å². The molecule has 0 bridgehead atoms. The number of aliphatic imine (C=N–C) groups is 1.